The van der Waals surface area contributed by atoms with E-state index in [-0.39, 0.29) is 18.7 Å². The Hall–Kier alpha value is -2.24. The van der Waals surface area contributed by atoms with E-state index in [0.29, 0.717) is 5.56 Å². The van der Waals surface area contributed by atoms with Crippen LogP contribution in [0.2, 0.25) is 0 Å². The van der Waals surface area contributed by atoms with Crippen LogP contribution in [-0.4, -0.2) is 17.8 Å². The number of amides is 4. The number of carbonyl (C=O) groups excluding carboxylic acids is 3. The molecule has 0 atom stereocenters. The van der Waals surface area contributed by atoms with Crippen LogP contribution in [-0.2, 0) is 16.0 Å². The highest BCUT2D eigenvalue weighted by Crippen LogP contribution is 2.29. The van der Waals surface area contributed by atoms with Crippen molar-refractivity contribution in [1.29, 1.82) is 0 Å². The molecule has 1 aromatic rings. The zero-order valence-corrected chi connectivity index (χ0v) is 10.3. The Labute approximate surface area is 109 Å². The van der Waals surface area contributed by atoms with Gasteiger partial charge in [-0.1, -0.05) is 19.1 Å². The largest absolute Gasteiger partial charge is 0.328 e. The standard InChI is InChI=1S/C13H13FN2O3/c1-2-13(7-8-3-5-9(14)6-4-8)10(17)15-12(19)16-11(13)18/h3-6H,2,7H2,1H3,(H2,15,16,17,18,19). The van der Waals surface area contributed by atoms with Crippen LogP contribution in [0.15, 0.2) is 24.3 Å². The number of imide groups is 2. The van der Waals surface area contributed by atoms with Gasteiger partial charge in [-0.05, 0) is 30.5 Å². The van der Waals surface area contributed by atoms with Gasteiger partial charge in [-0.3, -0.25) is 20.2 Å². The first-order valence-corrected chi connectivity index (χ1v) is 5.89. The van der Waals surface area contributed by atoms with Crippen molar-refractivity contribution in [3.8, 4) is 0 Å². The summed E-state index contributed by atoms with van der Waals surface area (Å²) in [4.78, 5) is 35.0. The van der Waals surface area contributed by atoms with Gasteiger partial charge in [-0.25, -0.2) is 9.18 Å². The van der Waals surface area contributed by atoms with E-state index >= 15 is 0 Å². The van der Waals surface area contributed by atoms with Crippen LogP contribution in [0.4, 0.5) is 9.18 Å². The van der Waals surface area contributed by atoms with Gasteiger partial charge in [0.05, 0.1) is 0 Å². The van der Waals surface area contributed by atoms with Gasteiger partial charge in [0.25, 0.3) is 0 Å². The maximum Gasteiger partial charge on any atom is 0.328 e. The third kappa shape index (κ3) is 2.33. The first-order valence-electron chi connectivity index (χ1n) is 5.89. The summed E-state index contributed by atoms with van der Waals surface area (Å²) in [5, 5.41) is 4.20. The molecule has 0 radical (unpaired) electrons. The van der Waals surface area contributed by atoms with Crippen LogP contribution >= 0.6 is 0 Å². The Kier molecular flexibility index (Phi) is 3.33. The molecule has 1 heterocycles. The Morgan fingerprint density at radius 2 is 1.58 bits per heavy atom. The topological polar surface area (TPSA) is 75.3 Å². The van der Waals surface area contributed by atoms with Crippen molar-refractivity contribution in [2.24, 2.45) is 5.41 Å². The van der Waals surface area contributed by atoms with Gasteiger partial charge in [-0.2, -0.15) is 0 Å². The number of barbiturate groups is 1. The van der Waals surface area contributed by atoms with E-state index in [2.05, 4.69) is 10.6 Å². The molecular weight excluding hydrogens is 251 g/mol. The average Bonchev–Trinajstić information content (AvgIpc) is 2.36. The number of hydrogen-bond donors (Lipinski definition) is 2. The zero-order chi connectivity index (χ0) is 14.0. The zero-order valence-electron chi connectivity index (χ0n) is 10.3. The monoisotopic (exact) mass is 264 g/mol. The summed E-state index contributed by atoms with van der Waals surface area (Å²) in [5.41, 5.74) is -0.672. The fourth-order valence-electron chi connectivity index (χ4n) is 2.14. The van der Waals surface area contributed by atoms with Gasteiger partial charge in [0.1, 0.15) is 11.2 Å². The molecule has 0 bridgehead atoms. The van der Waals surface area contributed by atoms with Crippen molar-refractivity contribution in [2.45, 2.75) is 19.8 Å². The minimum Gasteiger partial charge on any atom is -0.277 e. The quantitative estimate of drug-likeness (QED) is 0.804. The molecule has 1 aromatic carbocycles. The van der Waals surface area contributed by atoms with E-state index in [9.17, 15) is 18.8 Å². The molecule has 1 aliphatic heterocycles. The number of rotatable bonds is 3. The first kappa shape index (κ1) is 13.2. The molecule has 1 saturated heterocycles. The smallest absolute Gasteiger partial charge is 0.277 e. The number of carbonyl (C=O) groups is 3. The highest BCUT2D eigenvalue weighted by atomic mass is 19.1. The molecule has 1 aliphatic rings. The van der Waals surface area contributed by atoms with Gasteiger partial charge in [0.2, 0.25) is 11.8 Å². The molecule has 5 nitrogen and oxygen atoms in total. The number of hydrogen-bond acceptors (Lipinski definition) is 3. The maximum absolute atomic E-state index is 12.8. The highest BCUT2D eigenvalue weighted by Gasteiger charge is 2.48. The van der Waals surface area contributed by atoms with E-state index in [1.165, 1.54) is 24.3 Å². The number of nitrogens with one attached hydrogen (secondary N) is 2. The maximum atomic E-state index is 12.8. The SMILES string of the molecule is CCC1(Cc2ccc(F)cc2)C(=O)NC(=O)NC1=O. The number of urea groups is 1. The Morgan fingerprint density at radius 3 is 2.05 bits per heavy atom. The number of halogens is 1. The predicted octanol–water partition coefficient (Wildman–Crippen LogP) is 1.13. The minimum atomic E-state index is -1.33. The second-order valence-corrected chi connectivity index (χ2v) is 4.48. The summed E-state index contributed by atoms with van der Waals surface area (Å²) in [7, 11) is 0. The van der Waals surface area contributed by atoms with Crippen molar-refractivity contribution in [1.82, 2.24) is 10.6 Å². The first-order chi connectivity index (χ1) is 8.98. The van der Waals surface area contributed by atoms with E-state index < -0.39 is 23.3 Å². The predicted molar refractivity (Wildman–Crippen MR) is 64.5 cm³/mol. The lowest BCUT2D eigenvalue weighted by Gasteiger charge is -2.33. The lowest BCUT2D eigenvalue weighted by atomic mass is 9.76. The molecule has 1 fully saturated rings. The van der Waals surface area contributed by atoms with Crippen LogP contribution in [0.5, 0.6) is 0 Å². The van der Waals surface area contributed by atoms with Gasteiger partial charge in [0, 0.05) is 0 Å². The van der Waals surface area contributed by atoms with E-state index in [4.69, 9.17) is 0 Å². The van der Waals surface area contributed by atoms with Crippen molar-refractivity contribution < 1.29 is 18.8 Å². The Morgan fingerprint density at radius 1 is 1.05 bits per heavy atom. The normalized spacial score (nSPS) is 17.9. The van der Waals surface area contributed by atoms with E-state index in [1.54, 1.807) is 6.92 Å². The fourth-order valence-corrected chi connectivity index (χ4v) is 2.14. The number of benzene rings is 1. The molecular formula is C13H13FN2O3. The summed E-state index contributed by atoms with van der Waals surface area (Å²) in [6.07, 6.45) is 0.365. The summed E-state index contributed by atoms with van der Waals surface area (Å²) in [6, 6.07) is 4.76. The summed E-state index contributed by atoms with van der Waals surface area (Å²) >= 11 is 0. The molecule has 6 heteroatoms. The van der Waals surface area contributed by atoms with Crippen LogP contribution in [0.1, 0.15) is 18.9 Å². The van der Waals surface area contributed by atoms with Crippen molar-refractivity contribution in [2.75, 3.05) is 0 Å². The summed E-state index contributed by atoms with van der Waals surface area (Å²) in [6.45, 7) is 1.69. The molecule has 2 N–H and O–H groups in total. The van der Waals surface area contributed by atoms with Crippen LogP contribution in [0, 0.1) is 11.2 Å². The third-order valence-corrected chi connectivity index (χ3v) is 3.35. The second-order valence-electron chi connectivity index (χ2n) is 4.48. The Bertz CT molecular complexity index is 519. The molecule has 100 valence electrons. The second kappa shape index (κ2) is 4.79. The molecule has 0 spiro atoms. The lowest BCUT2D eigenvalue weighted by Crippen LogP contribution is -2.63. The van der Waals surface area contributed by atoms with Crippen molar-refractivity contribution in [3.63, 3.8) is 0 Å². The van der Waals surface area contributed by atoms with Crippen molar-refractivity contribution >= 4 is 17.8 Å². The van der Waals surface area contributed by atoms with E-state index in [1.807, 2.05) is 0 Å². The summed E-state index contributed by atoms with van der Waals surface area (Å²) < 4.78 is 12.8. The fraction of sp³-hybridized carbons (Fsp3) is 0.308. The van der Waals surface area contributed by atoms with E-state index in [0.717, 1.165) is 0 Å². The lowest BCUT2D eigenvalue weighted by molar-refractivity contribution is -0.144. The molecule has 0 aromatic heterocycles. The third-order valence-electron chi connectivity index (χ3n) is 3.35. The van der Waals surface area contributed by atoms with Gasteiger partial charge >= 0.3 is 6.03 Å². The molecule has 0 unspecified atom stereocenters. The van der Waals surface area contributed by atoms with Gasteiger partial charge in [0.15, 0.2) is 0 Å². The average molecular weight is 264 g/mol. The Balaban J connectivity index is 2.32. The molecule has 0 aliphatic carbocycles. The molecule has 19 heavy (non-hydrogen) atoms. The van der Waals surface area contributed by atoms with Gasteiger partial charge < -0.3 is 0 Å². The molecule has 2 rings (SSSR count). The minimum absolute atomic E-state index is 0.120. The van der Waals surface area contributed by atoms with Crippen LogP contribution in [0.25, 0.3) is 0 Å². The van der Waals surface area contributed by atoms with Gasteiger partial charge in [-0.15, -0.1) is 0 Å². The van der Waals surface area contributed by atoms with Crippen LogP contribution in [0.3, 0.4) is 0 Å². The van der Waals surface area contributed by atoms with Crippen LogP contribution < -0.4 is 10.6 Å². The highest BCUT2D eigenvalue weighted by molar-refractivity contribution is 6.19. The van der Waals surface area contributed by atoms with Crippen molar-refractivity contribution in [3.05, 3.63) is 35.6 Å². The summed E-state index contributed by atoms with van der Waals surface area (Å²) in [5.74, 6) is -1.62. The molecule has 0 saturated carbocycles. The molecule has 4 amide bonds.